The van der Waals surface area contributed by atoms with Crippen molar-refractivity contribution >= 4 is 40.8 Å². The van der Waals surface area contributed by atoms with Gasteiger partial charge in [0, 0.05) is 27.4 Å². The summed E-state index contributed by atoms with van der Waals surface area (Å²) in [5.41, 5.74) is 1.26. The number of esters is 1. The molecule has 0 saturated heterocycles. The molecule has 0 fully saturated rings. The molecule has 2 aromatic rings. The third-order valence-electron chi connectivity index (χ3n) is 2.51. The van der Waals surface area contributed by atoms with Crippen LogP contribution in [0.1, 0.15) is 10.4 Å². The molecule has 0 aliphatic heterocycles. The van der Waals surface area contributed by atoms with E-state index in [4.69, 9.17) is 39.5 Å². The number of halogens is 3. The summed E-state index contributed by atoms with van der Waals surface area (Å²) >= 11 is 18.1. The van der Waals surface area contributed by atoms with Gasteiger partial charge >= 0.3 is 5.97 Å². The van der Waals surface area contributed by atoms with Crippen molar-refractivity contribution in [2.24, 2.45) is 0 Å². The van der Waals surface area contributed by atoms with E-state index < -0.39 is 5.97 Å². The molecule has 1 aromatic carbocycles. The highest BCUT2D eigenvalue weighted by molar-refractivity contribution is 6.39. The molecule has 1 aromatic heterocycles. The first-order valence-corrected chi connectivity index (χ1v) is 6.36. The van der Waals surface area contributed by atoms with Crippen LogP contribution in [0.2, 0.25) is 15.2 Å². The smallest absolute Gasteiger partial charge is 0.338 e. The zero-order valence-corrected chi connectivity index (χ0v) is 12.1. The number of methoxy groups -OCH3 is 1. The molecule has 0 amide bonds. The maximum absolute atomic E-state index is 11.8. The van der Waals surface area contributed by atoms with Gasteiger partial charge in [-0.15, -0.1) is 0 Å². The van der Waals surface area contributed by atoms with Gasteiger partial charge in [0.2, 0.25) is 0 Å². The van der Waals surface area contributed by atoms with Gasteiger partial charge in [0.1, 0.15) is 5.15 Å². The van der Waals surface area contributed by atoms with Crippen LogP contribution >= 0.6 is 34.8 Å². The molecule has 2 rings (SSSR count). The minimum atomic E-state index is -0.532. The molecule has 0 bridgehead atoms. The zero-order chi connectivity index (χ0) is 14.0. The number of rotatable bonds is 2. The SMILES string of the molecule is COC(=O)c1cc(Cl)ncc1-c1c(Cl)cccc1Cl. The van der Waals surface area contributed by atoms with Crippen molar-refractivity contribution in [3.8, 4) is 11.1 Å². The summed E-state index contributed by atoms with van der Waals surface area (Å²) in [5.74, 6) is -0.532. The third-order valence-corrected chi connectivity index (χ3v) is 3.34. The second-order valence-electron chi connectivity index (χ2n) is 3.64. The standard InChI is InChI=1S/C13H8Cl3NO2/c1-19-13(18)7-5-11(16)17-6-8(7)12-9(14)3-2-4-10(12)15/h2-6H,1H3. The van der Waals surface area contributed by atoms with Crippen LogP contribution < -0.4 is 0 Å². The van der Waals surface area contributed by atoms with Crippen LogP contribution in [0.4, 0.5) is 0 Å². The van der Waals surface area contributed by atoms with Crippen molar-refractivity contribution in [3.05, 3.63) is 51.2 Å². The molecule has 0 radical (unpaired) electrons. The third kappa shape index (κ3) is 2.84. The second-order valence-corrected chi connectivity index (χ2v) is 4.84. The summed E-state index contributed by atoms with van der Waals surface area (Å²) in [5, 5.41) is 1.02. The highest BCUT2D eigenvalue weighted by atomic mass is 35.5. The van der Waals surface area contributed by atoms with Crippen LogP contribution in [0.3, 0.4) is 0 Å². The molecule has 6 heteroatoms. The van der Waals surface area contributed by atoms with E-state index in [1.807, 2.05) is 0 Å². The molecule has 1 heterocycles. The molecule has 0 spiro atoms. The molecule has 0 unspecified atom stereocenters. The number of nitrogens with zero attached hydrogens (tertiary/aromatic N) is 1. The van der Waals surface area contributed by atoms with E-state index in [-0.39, 0.29) is 10.7 Å². The van der Waals surface area contributed by atoms with E-state index in [0.29, 0.717) is 21.2 Å². The van der Waals surface area contributed by atoms with Gasteiger partial charge in [0.05, 0.1) is 12.7 Å². The summed E-state index contributed by atoms with van der Waals surface area (Å²) in [7, 11) is 1.29. The summed E-state index contributed by atoms with van der Waals surface area (Å²) in [4.78, 5) is 15.7. The number of benzene rings is 1. The molecule has 98 valence electrons. The quantitative estimate of drug-likeness (QED) is 0.605. The van der Waals surface area contributed by atoms with Gasteiger partial charge in [0.25, 0.3) is 0 Å². The van der Waals surface area contributed by atoms with E-state index in [9.17, 15) is 4.79 Å². The Morgan fingerprint density at radius 3 is 2.42 bits per heavy atom. The first-order chi connectivity index (χ1) is 9.04. The van der Waals surface area contributed by atoms with Gasteiger partial charge in [-0.3, -0.25) is 0 Å². The molecule has 0 atom stereocenters. The van der Waals surface area contributed by atoms with Gasteiger partial charge in [0.15, 0.2) is 0 Å². The molecule has 0 N–H and O–H groups in total. The second kappa shape index (κ2) is 5.78. The van der Waals surface area contributed by atoms with Crippen LogP contribution in [-0.2, 0) is 4.74 Å². The number of carbonyl (C=O) groups excluding carboxylic acids is 1. The fourth-order valence-electron chi connectivity index (χ4n) is 1.66. The van der Waals surface area contributed by atoms with E-state index in [1.165, 1.54) is 19.4 Å². The Hall–Kier alpha value is -1.29. The van der Waals surface area contributed by atoms with Crippen molar-refractivity contribution < 1.29 is 9.53 Å². The predicted molar refractivity (Wildman–Crippen MR) is 76.0 cm³/mol. The highest BCUT2D eigenvalue weighted by Gasteiger charge is 2.18. The summed E-state index contributed by atoms with van der Waals surface area (Å²) in [6.45, 7) is 0. The average molecular weight is 317 g/mol. The van der Waals surface area contributed by atoms with Gasteiger partial charge < -0.3 is 4.74 Å². The van der Waals surface area contributed by atoms with Crippen LogP contribution in [0.5, 0.6) is 0 Å². The number of aromatic nitrogens is 1. The first-order valence-electron chi connectivity index (χ1n) is 5.23. The van der Waals surface area contributed by atoms with Crippen molar-refractivity contribution in [1.82, 2.24) is 4.98 Å². The van der Waals surface area contributed by atoms with Crippen molar-refractivity contribution in [3.63, 3.8) is 0 Å². The van der Waals surface area contributed by atoms with Gasteiger partial charge in [-0.05, 0) is 18.2 Å². The molecule has 0 aliphatic carbocycles. The lowest BCUT2D eigenvalue weighted by molar-refractivity contribution is 0.0601. The monoisotopic (exact) mass is 315 g/mol. The minimum absolute atomic E-state index is 0.187. The van der Waals surface area contributed by atoms with Gasteiger partial charge in [-0.2, -0.15) is 0 Å². The Morgan fingerprint density at radius 1 is 1.21 bits per heavy atom. The van der Waals surface area contributed by atoms with Crippen LogP contribution in [0, 0.1) is 0 Å². The maximum Gasteiger partial charge on any atom is 0.338 e. The Bertz CT molecular complexity index is 624. The van der Waals surface area contributed by atoms with Gasteiger partial charge in [-0.1, -0.05) is 40.9 Å². The van der Waals surface area contributed by atoms with Crippen molar-refractivity contribution in [2.75, 3.05) is 7.11 Å². The lowest BCUT2D eigenvalue weighted by Gasteiger charge is -2.11. The molecule has 0 aliphatic rings. The van der Waals surface area contributed by atoms with Crippen LogP contribution in [0.25, 0.3) is 11.1 Å². The Balaban J connectivity index is 2.72. The van der Waals surface area contributed by atoms with E-state index in [1.54, 1.807) is 18.2 Å². The van der Waals surface area contributed by atoms with E-state index >= 15 is 0 Å². The summed E-state index contributed by atoms with van der Waals surface area (Å²) in [6, 6.07) is 6.49. The average Bonchev–Trinajstić information content (AvgIpc) is 2.39. The number of hydrogen-bond acceptors (Lipinski definition) is 3. The van der Waals surface area contributed by atoms with Crippen molar-refractivity contribution in [2.45, 2.75) is 0 Å². The Labute approximate surface area is 125 Å². The predicted octanol–water partition coefficient (Wildman–Crippen LogP) is 4.50. The van der Waals surface area contributed by atoms with Gasteiger partial charge in [-0.25, -0.2) is 9.78 Å². The number of pyridine rings is 1. The largest absolute Gasteiger partial charge is 0.465 e. The Morgan fingerprint density at radius 2 is 1.84 bits per heavy atom. The van der Waals surface area contributed by atoms with Crippen LogP contribution in [0.15, 0.2) is 30.5 Å². The maximum atomic E-state index is 11.8. The first kappa shape index (κ1) is 14.1. The molecular weight excluding hydrogens is 309 g/mol. The molecule has 19 heavy (non-hydrogen) atoms. The fourth-order valence-corrected chi connectivity index (χ4v) is 2.42. The van der Waals surface area contributed by atoms with E-state index in [0.717, 1.165) is 0 Å². The zero-order valence-electron chi connectivity index (χ0n) is 9.78. The number of carbonyl (C=O) groups is 1. The summed E-state index contributed by atoms with van der Waals surface area (Å²) in [6.07, 6.45) is 1.45. The fraction of sp³-hybridized carbons (Fsp3) is 0.0769. The lowest BCUT2D eigenvalue weighted by Crippen LogP contribution is -2.04. The number of hydrogen-bond donors (Lipinski definition) is 0. The van der Waals surface area contributed by atoms with E-state index in [2.05, 4.69) is 4.98 Å². The molecular formula is C13H8Cl3NO2. The lowest BCUT2D eigenvalue weighted by atomic mass is 10.0. The normalized spacial score (nSPS) is 10.3. The Kier molecular flexibility index (Phi) is 4.30. The minimum Gasteiger partial charge on any atom is -0.465 e. The summed E-state index contributed by atoms with van der Waals surface area (Å²) < 4.78 is 4.72. The molecule has 3 nitrogen and oxygen atoms in total. The molecule has 0 saturated carbocycles. The highest BCUT2D eigenvalue weighted by Crippen LogP contribution is 2.36. The topological polar surface area (TPSA) is 39.2 Å². The van der Waals surface area contributed by atoms with Crippen LogP contribution in [-0.4, -0.2) is 18.1 Å². The number of ether oxygens (including phenoxy) is 1. The van der Waals surface area contributed by atoms with Crippen molar-refractivity contribution in [1.29, 1.82) is 0 Å².